The molecule has 1 heterocycles. The maximum Gasteiger partial charge on any atom is 0.260 e. The summed E-state index contributed by atoms with van der Waals surface area (Å²) in [5, 5.41) is 3.00. The second-order valence-electron chi connectivity index (χ2n) is 6.40. The van der Waals surface area contributed by atoms with Crippen LogP contribution in [0, 0.1) is 0 Å². The van der Waals surface area contributed by atoms with E-state index in [0.717, 1.165) is 12.8 Å². The van der Waals surface area contributed by atoms with Crippen molar-refractivity contribution in [3.63, 3.8) is 0 Å². The van der Waals surface area contributed by atoms with Crippen molar-refractivity contribution in [1.82, 2.24) is 9.88 Å². The second-order valence-corrected chi connectivity index (χ2v) is 6.79. The van der Waals surface area contributed by atoms with Gasteiger partial charge in [-0.05, 0) is 37.1 Å². The quantitative estimate of drug-likeness (QED) is 0.650. The lowest BCUT2D eigenvalue weighted by Gasteiger charge is -2.22. The summed E-state index contributed by atoms with van der Waals surface area (Å²) in [5.74, 6) is 1.10. The summed E-state index contributed by atoms with van der Waals surface area (Å²) >= 11 is 5.82. The molecule has 0 atom stereocenters. The Balaban J connectivity index is 1.51. The van der Waals surface area contributed by atoms with Crippen LogP contribution in [0.1, 0.15) is 19.3 Å². The number of hydrogen-bond donors (Lipinski definition) is 1. The minimum Gasteiger partial charge on any atom is -0.493 e. The van der Waals surface area contributed by atoms with Crippen molar-refractivity contribution in [2.75, 3.05) is 25.6 Å². The van der Waals surface area contributed by atoms with Gasteiger partial charge < -0.3 is 19.7 Å². The van der Waals surface area contributed by atoms with Crippen molar-refractivity contribution < 1.29 is 19.1 Å². The van der Waals surface area contributed by atoms with Crippen molar-refractivity contribution >= 4 is 29.2 Å². The molecule has 0 bridgehead atoms. The van der Waals surface area contributed by atoms with Crippen LogP contribution < -0.4 is 14.8 Å². The van der Waals surface area contributed by atoms with Gasteiger partial charge in [0.2, 0.25) is 5.91 Å². The number of pyridine rings is 1. The molecule has 3 rings (SSSR count). The normalized spacial score (nSPS) is 12.9. The average molecular weight is 404 g/mol. The summed E-state index contributed by atoms with van der Waals surface area (Å²) < 4.78 is 10.8. The molecule has 1 fully saturated rings. The fraction of sp³-hybridized carbons (Fsp3) is 0.350. The molecule has 2 amide bonds. The number of ether oxygens (including phenoxy) is 2. The van der Waals surface area contributed by atoms with Gasteiger partial charge in [-0.15, -0.1) is 0 Å². The van der Waals surface area contributed by atoms with E-state index in [0.29, 0.717) is 29.0 Å². The molecule has 0 radical (unpaired) electrons. The maximum atomic E-state index is 12.6. The number of benzene rings is 1. The van der Waals surface area contributed by atoms with Gasteiger partial charge >= 0.3 is 0 Å². The van der Waals surface area contributed by atoms with Gasteiger partial charge in [0.15, 0.2) is 18.1 Å². The highest BCUT2D eigenvalue weighted by molar-refractivity contribution is 6.29. The molecule has 1 N–H and O–H groups in total. The van der Waals surface area contributed by atoms with E-state index in [1.54, 1.807) is 42.3 Å². The van der Waals surface area contributed by atoms with Crippen LogP contribution in [-0.4, -0.2) is 48.0 Å². The van der Waals surface area contributed by atoms with Gasteiger partial charge in [-0.2, -0.15) is 0 Å². The first-order valence-electron chi connectivity index (χ1n) is 9.04. The van der Waals surface area contributed by atoms with Crippen molar-refractivity contribution in [3.05, 3.63) is 47.6 Å². The molecule has 8 heteroatoms. The molecule has 0 saturated heterocycles. The van der Waals surface area contributed by atoms with Gasteiger partial charge in [-0.3, -0.25) is 9.59 Å². The first-order valence-corrected chi connectivity index (χ1v) is 9.42. The van der Waals surface area contributed by atoms with Crippen molar-refractivity contribution in [2.24, 2.45) is 0 Å². The van der Waals surface area contributed by atoms with Gasteiger partial charge in [0, 0.05) is 19.0 Å². The van der Waals surface area contributed by atoms with Gasteiger partial charge in [-0.25, -0.2) is 4.98 Å². The average Bonchev–Trinajstić information content (AvgIpc) is 3.52. The van der Waals surface area contributed by atoms with Gasteiger partial charge in [0.1, 0.15) is 11.0 Å². The highest BCUT2D eigenvalue weighted by Crippen LogP contribution is 2.28. The highest BCUT2D eigenvalue weighted by Gasteiger charge is 2.32. The Morgan fingerprint density at radius 2 is 1.93 bits per heavy atom. The first-order chi connectivity index (χ1) is 13.6. The number of amides is 2. The summed E-state index contributed by atoms with van der Waals surface area (Å²) in [6.07, 6.45) is 2.06. The van der Waals surface area contributed by atoms with E-state index in [2.05, 4.69) is 10.3 Å². The monoisotopic (exact) mass is 403 g/mol. The minimum absolute atomic E-state index is 0.103. The number of rotatable bonds is 9. The third kappa shape index (κ3) is 5.60. The number of hydrogen-bond acceptors (Lipinski definition) is 5. The second kappa shape index (κ2) is 9.41. The van der Waals surface area contributed by atoms with Crippen LogP contribution in [-0.2, 0) is 9.59 Å². The lowest BCUT2D eigenvalue weighted by Crippen LogP contribution is -2.38. The van der Waals surface area contributed by atoms with Crippen LogP contribution in [0.2, 0.25) is 5.15 Å². The lowest BCUT2D eigenvalue weighted by atomic mass is 10.3. The van der Waals surface area contributed by atoms with Crippen molar-refractivity contribution in [1.29, 1.82) is 0 Å². The Morgan fingerprint density at radius 1 is 1.18 bits per heavy atom. The smallest absolute Gasteiger partial charge is 0.260 e. The molecule has 2 aromatic rings. The van der Waals surface area contributed by atoms with Crippen LogP contribution in [0.15, 0.2) is 42.5 Å². The standard InChI is InChI=1S/C20H22ClN3O4/c1-27-15-5-2-3-6-16(15)28-13-20(26)24(14-9-10-14)12-11-19(25)23-18-8-4-7-17(21)22-18/h2-8,14H,9-13H2,1H3,(H,22,23,25). The van der Waals surface area contributed by atoms with Gasteiger partial charge in [-0.1, -0.05) is 29.8 Å². The van der Waals surface area contributed by atoms with Gasteiger partial charge in [0.05, 0.1) is 7.11 Å². The number of carbonyl (C=O) groups excluding carboxylic acids is 2. The zero-order valence-electron chi connectivity index (χ0n) is 15.6. The summed E-state index contributed by atoms with van der Waals surface area (Å²) in [6, 6.07) is 12.3. The molecule has 1 aromatic heterocycles. The van der Waals surface area contributed by atoms with Crippen LogP contribution in [0.3, 0.4) is 0 Å². The fourth-order valence-electron chi connectivity index (χ4n) is 2.76. The number of carbonyl (C=O) groups is 2. The Labute approximate surface area is 168 Å². The number of anilines is 1. The molecule has 1 aliphatic rings. The Bertz CT molecular complexity index is 842. The summed E-state index contributed by atoms with van der Waals surface area (Å²) in [7, 11) is 1.55. The molecule has 7 nitrogen and oxygen atoms in total. The topological polar surface area (TPSA) is 80.8 Å². The Morgan fingerprint density at radius 3 is 2.61 bits per heavy atom. The number of halogens is 1. The van der Waals surface area contributed by atoms with E-state index in [1.165, 1.54) is 0 Å². The summed E-state index contributed by atoms with van der Waals surface area (Å²) in [5.41, 5.74) is 0. The third-order valence-corrected chi connectivity index (χ3v) is 4.50. The van der Waals surface area contributed by atoms with E-state index in [4.69, 9.17) is 21.1 Å². The Kier molecular flexibility index (Phi) is 6.71. The van der Waals surface area contributed by atoms with Crippen molar-refractivity contribution in [3.8, 4) is 11.5 Å². The molecule has 28 heavy (non-hydrogen) atoms. The number of para-hydroxylation sites is 2. The lowest BCUT2D eigenvalue weighted by molar-refractivity contribution is -0.134. The summed E-state index contributed by atoms with van der Waals surface area (Å²) in [4.78, 5) is 30.5. The zero-order valence-corrected chi connectivity index (χ0v) is 16.3. The molecule has 0 unspecified atom stereocenters. The molecular weight excluding hydrogens is 382 g/mol. The summed E-state index contributed by atoms with van der Waals surface area (Å²) in [6.45, 7) is 0.222. The van der Waals surface area contributed by atoms with E-state index < -0.39 is 0 Å². The van der Waals surface area contributed by atoms with Crippen LogP contribution >= 0.6 is 11.6 Å². The first kappa shape index (κ1) is 19.9. The number of nitrogens with one attached hydrogen (secondary N) is 1. The van der Waals surface area contributed by atoms with Crippen LogP contribution in [0.25, 0.3) is 0 Å². The van der Waals surface area contributed by atoms with Crippen LogP contribution in [0.5, 0.6) is 11.5 Å². The molecular formula is C20H22ClN3O4. The largest absolute Gasteiger partial charge is 0.493 e. The maximum absolute atomic E-state index is 12.6. The van der Waals surface area contributed by atoms with E-state index in [1.807, 2.05) is 12.1 Å². The van der Waals surface area contributed by atoms with Gasteiger partial charge in [0.25, 0.3) is 5.91 Å². The SMILES string of the molecule is COc1ccccc1OCC(=O)N(CCC(=O)Nc1cccc(Cl)n1)C1CC1. The van der Waals surface area contributed by atoms with E-state index >= 15 is 0 Å². The molecule has 1 aromatic carbocycles. The number of methoxy groups -OCH3 is 1. The van der Waals surface area contributed by atoms with Crippen LogP contribution in [0.4, 0.5) is 5.82 Å². The fourth-order valence-corrected chi connectivity index (χ4v) is 2.93. The van der Waals surface area contributed by atoms with E-state index in [9.17, 15) is 9.59 Å². The number of nitrogens with zero attached hydrogens (tertiary/aromatic N) is 2. The third-order valence-electron chi connectivity index (χ3n) is 4.29. The molecule has 0 aliphatic heterocycles. The molecule has 1 saturated carbocycles. The van der Waals surface area contributed by atoms with E-state index in [-0.39, 0.29) is 30.9 Å². The zero-order chi connectivity index (χ0) is 19.9. The molecule has 148 valence electrons. The van der Waals surface area contributed by atoms with Crippen molar-refractivity contribution in [2.45, 2.75) is 25.3 Å². The Hall–Kier alpha value is -2.80. The predicted octanol–water partition coefficient (Wildman–Crippen LogP) is 3.14. The minimum atomic E-state index is -0.223. The predicted molar refractivity (Wildman–Crippen MR) is 106 cm³/mol. The molecule has 1 aliphatic carbocycles. The number of aromatic nitrogens is 1. The molecule has 0 spiro atoms. The highest BCUT2D eigenvalue weighted by atomic mass is 35.5.